The van der Waals surface area contributed by atoms with E-state index >= 15 is 0 Å². The van der Waals surface area contributed by atoms with Crippen molar-refractivity contribution in [3.8, 4) is 10.7 Å². The summed E-state index contributed by atoms with van der Waals surface area (Å²) in [7, 11) is 0. The quantitative estimate of drug-likeness (QED) is 0.781. The Bertz CT molecular complexity index is 449. The summed E-state index contributed by atoms with van der Waals surface area (Å²) in [6, 6.07) is 0. The summed E-state index contributed by atoms with van der Waals surface area (Å²) in [5.41, 5.74) is 6.18. The smallest absolute Gasteiger partial charge is 0.227 e. The maximum Gasteiger partial charge on any atom is 0.227 e. The SMILES string of the molecule is Cc1nnsc1-c1nc(N)nc(Cl)n1. The van der Waals surface area contributed by atoms with E-state index in [9.17, 15) is 0 Å². The van der Waals surface area contributed by atoms with Gasteiger partial charge in [0.1, 0.15) is 4.88 Å². The first-order valence-electron chi connectivity index (χ1n) is 3.63. The fourth-order valence-electron chi connectivity index (χ4n) is 0.904. The molecule has 2 rings (SSSR count). The zero-order valence-corrected chi connectivity index (χ0v) is 8.67. The van der Waals surface area contributed by atoms with Crippen molar-refractivity contribution in [2.45, 2.75) is 6.92 Å². The molecule has 0 radical (unpaired) electrons. The molecular formula is C6H5ClN6S. The number of aromatic nitrogens is 5. The third-order valence-electron chi connectivity index (χ3n) is 1.48. The zero-order chi connectivity index (χ0) is 10.1. The summed E-state index contributed by atoms with van der Waals surface area (Å²) in [5, 5.41) is 3.91. The fraction of sp³-hybridized carbons (Fsp3) is 0.167. The molecule has 2 aromatic heterocycles. The van der Waals surface area contributed by atoms with E-state index in [1.807, 2.05) is 6.92 Å². The predicted octanol–water partition coefficient (Wildman–Crippen LogP) is 0.934. The Labute approximate surface area is 88.3 Å². The molecule has 0 aliphatic carbocycles. The highest BCUT2D eigenvalue weighted by Gasteiger charge is 2.11. The summed E-state index contributed by atoms with van der Waals surface area (Å²) >= 11 is 6.83. The lowest BCUT2D eigenvalue weighted by atomic mass is 10.4. The minimum atomic E-state index is 0.0697. The van der Waals surface area contributed by atoms with Crippen molar-refractivity contribution in [1.29, 1.82) is 0 Å². The first-order valence-corrected chi connectivity index (χ1v) is 4.78. The van der Waals surface area contributed by atoms with Gasteiger partial charge in [0.15, 0.2) is 5.82 Å². The van der Waals surface area contributed by atoms with E-state index in [2.05, 4.69) is 24.5 Å². The van der Waals surface area contributed by atoms with E-state index in [0.717, 1.165) is 10.6 Å². The lowest BCUT2D eigenvalue weighted by Gasteiger charge is -1.97. The molecule has 72 valence electrons. The molecule has 2 heterocycles. The third kappa shape index (κ3) is 1.64. The van der Waals surface area contributed by atoms with Gasteiger partial charge in [0.2, 0.25) is 11.2 Å². The Morgan fingerprint density at radius 2 is 2.07 bits per heavy atom. The molecule has 0 unspecified atom stereocenters. The Hall–Kier alpha value is -1.34. The monoisotopic (exact) mass is 228 g/mol. The lowest BCUT2D eigenvalue weighted by Crippen LogP contribution is -1.99. The first-order chi connectivity index (χ1) is 6.66. The molecule has 8 heteroatoms. The highest BCUT2D eigenvalue weighted by Crippen LogP contribution is 2.22. The van der Waals surface area contributed by atoms with E-state index < -0.39 is 0 Å². The van der Waals surface area contributed by atoms with Gasteiger partial charge in [-0.05, 0) is 30.1 Å². The van der Waals surface area contributed by atoms with E-state index in [-0.39, 0.29) is 11.2 Å². The Morgan fingerprint density at radius 1 is 1.29 bits per heavy atom. The maximum absolute atomic E-state index is 5.64. The van der Waals surface area contributed by atoms with Gasteiger partial charge in [-0.15, -0.1) is 5.10 Å². The molecule has 0 aliphatic rings. The molecule has 0 fully saturated rings. The molecule has 0 saturated carbocycles. The summed E-state index contributed by atoms with van der Waals surface area (Å²) in [6.07, 6.45) is 0. The molecular weight excluding hydrogens is 224 g/mol. The van der Waals surface area contributed by atoms with Crippen molar-refractivity contribution in [3.63, 3.8) is 0 Å². The molecule has 0 saturated heterocycles. The van der Waals surface area contributed by atoms with Gasteiger partial charge >= 0.3 is 0 Å². The van der Waals surface area contributed by atoms with Gasteiger partial charge < -0.3 is 5.73 Å². The molecule has 0 aliphatic heterocycles. The summed E-state index contributed by atoms with van der Waals surface area (Å²) in [5.74, 6) is 0.503. The number of nitrogens with zero attached hydrogens (tertiary/aromatic N) is 5. The normalized spacial score (nSPS) is 10.4. The van der Waals surface area contributed by atoms with Crippen LogP contribution in [0.2, 0.25) is 5.28 Å². The predicted molar refractivity (Wildman–Crippen MR) is 52.9 cm³/mol. The molecule has 2 N–H and O–H groups in total. The van der Waals surface area contributed by atoms with Gasteiger partial charge in [-0.2, -0.15) is 15.0 Å². The third-order valence-corrected chi connectivity index (χ3v) is 2.47. The van der Waals surface area contributed by atoms with Gasteiger partial charge in [0, 0.05) is 0 Å². The zero-order valence-electron chi connectivity index (χ0n) is 7.10. The number of hydrogen-bond acceptors (Lipinski definition) is 7. The minimum Gasteiger partial charge on any atom is -0.368 e. The van der Waals surface area contributed by atoms with Crippen LogP contribution in [0.3, 0.4) is 0 Å². The van der Waals surface area contributed by atoms with Gasteiger partial charge in [0.05, 0.1) is 5.69 Å². The van der Waals surface area contributed by atoms with Crippen LogP contribution in [0.25, 0.3) is 10.7 Å². The van der Waals surface area contributed by atoms with E-state index in [1.165, 1.54) is 11.5 Å². The number of halogens is 1. The Kier molecular flexibility index (Phi) is 2.26. The number of anilines is 1. The number of rotatable bonds is 1. The van der Waals surface area contributed by atoms with Crippen LogP contribution in [0.5, 0.6) is 0 Å². The molecule has 14 heavy (non-hydrogen) atoms. The van der Waals surface area contributed by atoms with Gasteiger partial charge in [-0.1, -0.05) is 4.49 Å². The topological polar surface area (TPSA) is 90.5 Å². The molecule has 0 spiro atoms. The average Bonchev–Trinajstić information content (AvgIpc) is 2.49. The fourth-order valence-corrected chi connectivity index (χ4v) is 1.66. The second-order valence-electron chi connectivity index (χ2n) is 2.47. The van der Waals surface area contributed by atoms with Crippen molar-refractivity contribution in [3.05, 3.63) is 11.0 Å². The van der Waals surface area contributed by atoms with Gasteiger partial charge in [-0.25, -0.2) is 0 Å². The van der Waals surface area contributed by atoms with Gasteiger partial charge in [-0.3, -0.25) is 0 Å². The number of hydrogen-bond donors (Lipinski definition) is 1. The van der Waals surface area contributed by atoms with E-state index in [1.54, 1.807) is 0 Å². The van der Waals surface area contributed by atoms with Crippen LogP contribution in [-0.4, -0.2) is 24.5 Å². The molecule has 0 atom stereocenters. The summed E-state index contributed by atoms with van der Waals surface area (Å²) < 4.78 is 3.76. The van der Waals surface area contributed by atoms with E-state index in [4.69, 9.17) is 17.3 Å². The number of nitrogens with two attached hydrogens (primary N) is 1. The van der Waals surface area contributed by atoms with Crippen LogP contribution in [0.1, 0.15) is 5.69 Å². The van der Waals surface area contributed by atoms with Crippen molar-refractivity contribution >= 4 is 29.1 Å². The highest BCUT2D eigenvalue weighted by atomic mass is 35.5. The number of nitrogen functional groups attached to an aromatic ring is 1. The molecule has 0 amide bonds. The minimum absolute atomic E-state index is 0.0697. The Morgan fingerprint density at radius 3 is 2.64 bits per heavy atom. The van der Waals surface area contributed by atoms with Crippen molar-refractivity contribution < 1.29 is 0 Å². The van der Waals surface area contributed by atoms with Crippen LogP contribution in [0.15, 0.2) is 0 Å². The summed E-state index contributed by atoms with van der Waals surface area (Å²) in [4.78, 5) is 12.3. The highest BCUT2D eigenvalue weighted by molar-refractivity contribution is 7.09. The van der Waals surface area contributed by atoms with E-state index in [0.29, 0.717) is 5.82 Å². The van der Waals surface area contributed by atoms with Gasteiger partial charge in [0.25, 0.3) is 0 Å². The Balaban J connectivity index is 2.57. The molecule has 6 nitrogen and oxygen atoms in total. The summed E-state index contributed by atoms with van der Waals surface area (Å²) in [6.45, 7) is 1.81. The maximum atomic E-state index is 5.64. The molecule has 0 bridgehead atoms. The van der Waals surface area contributed by atoms with Crippen molar-refractivity contribution in [2.24, 2.45) is 0 Å². The van der Waals surface area contributed by atoms with Crippen LogP contribution >= 0.6 is 23.1 Å². The second-order valence-corrected chi connectivity index (χ2v) is 3.57. The van der Waals surface area contributed by atoms with Crippen molar-refractivity contribution in [1.82, 2.24) is 24.5 Å². The second kappa shape index (κ2) is 3.43. The lowest BCUT2D eigenvalue weighted by molar-refractivity contribution is 1.06. The largest absolute Gasteiger partial charge is 0.368 e. The number of aryl methyl sites for hydroxylation is 1. The van der Waals surface area contributed by atoms with Crippen molar-refractivity contribution in [2.75, 3.05) is 5.73 Å². The van der Waals surface area contributed by atoms with Crippen LogP contribution in [-0.2, 0) is 0 Å². The first kappa shape index (κ1) is 9.22. The standard InChI is InChI=1S/C6H5ClN6S/c1-2-3(14-13-12-2)4-9-5(7)11-6(8)10-4/h1H3,(H2,8,9,10,11). The molecule has 0 aromatic carbocycles. The van der Waals surface area contributed by atoms with Crippen LogP contribution < -0.4 is 5.73 Å². The van der Waals surface area contributed by atoms with Crippen LogP contribution in [0, 0.1) is 6.92 Å². The average molecular weight is 229 g/mol. The molecule has 2 aromatic rings. The van der Waals surface area contributed by atoms with Crippen LogP contribution in [0.4, 0.5) is 5.95 Å².